The summed E-state index contributed by atoms with van der Waals surface area (Å²) in [5.74, 6) is -0.970. The molecule has 1 saturated heterocycles. The molecule has 0 spiro atoms. The third-order valence-electron chi connectivity index (χ3n) is 3.52. The maximum Gasteiger partial charge on any atom is 0.244 e. The van der Waals surface area contributed by atoms with Gasteiger partial charge in [-0.05, 0) is 31.0 Å². The van der Waals surface area contributed by atoms with Crippen LogP contribution in [0.25, 0.3) is 0 Å². The number of rotatable bonds is 3. The van der Waals surface area contributed by atoms with Gasteiger partial charge in [0.05, 0.1) is 12.2 Å². The minimum Gasteiger partial charge on any atom is -0.399 e. The molecule has 5 nitrogen and oxygen atoms in total. The smallest absolute Gasteiger partial charge is 0.244 e. The van der Waals surface area contributed by atoms with Crippen molar-refractivity contribution >= 4 is 23.2 Å². The predicted molar refractivity (Wildman–Crippen MR) is 79.1 cm³/mol. The van der Waals surface area contributed by atoms with Crippen LogP contribution >= 0.6 is 0 Å². The number of halogens is 1. The number of hydrogen-bond acceptors (Lipinski definition) is 3. The number of nitrogens with one attached hydrogen (secondary N) is 1. The number of carbonyl (C=O) groups excluding carboxylic acids is 2. The van der Waals surface area contributed by atoms with E-state index in [0.29, 0.717) is 18.7 Å². The Morgan fingerprint density at radius 3 is 2.86 bits per heavy atom. The van der Waals surface area contributed by atoms with Gasteiger partial charge in [0.25, 0.3) is 0 Å². The van der Waals surface area contributed by atoms with Gasteiger partial charge in [0, 0.05) is 18.7 Å². The number of carbonyl (C=O) groups is 2. The Labute approximate surface area is 123 Å². The normalized spacial score (nSPS) is 16.2. The monoisotopic (exact) mass is 293 g/mol. The van der Waals surface area contributed by atoms with Gasteiger partial charge in [-0.15, -0.1) is 0 Å². The first-order chi connectivity index (χ1) is 10.1. The van der Waals surface area contributed by atoms with Gasteiger partial charge in [0.1, 0.15) is 5.82 Å². The van der Waals surface area contributed by atoms with Crippen molar-refractivity contribution in [3.8, 4) is 0 Å². The fourth-order valence-electron chi connectivity index (χ4n) is 2.38. The van der Waals surface area contributed by atoms with Crippen molar-refractivity contribution in [2.24, 2.45) is 0 Å². The molecule has 2 amide bonds. The maximum absolute atomic E-state index is 13.6. The van der Waals surface area contributed by atoms with Gasteiger partial charge in [-0.3, -0.25) is 9.59 Å². The zero-order chi connectivity index (χ0) is 15.2. The highest BCUT2D eigenvalue weighted by Crippen LogP contribution is 2.17. The summed E-state index contributed by atoms with van der Waals surface area (Å²) in [6.45, 7) is 0.527. The van der Waals surface area contributed by atoms with E-state index in [1.54, 1.807) is 4.90 Å². The second-order valence-corrected chi connectivity index (χ2v) is 5.27. The quantitative estimate of drug-likeness (QED) is 0.838. The first-order valence-electron chi connectivity index (χ1n) is 7.19. The summed E-state index contributed by atoms with van der Waals surface area (Å²) in [6, 6.07) is 3.99. The van der Waals surface area contributed by atoms with Crippen LogP contribution < -0.4 is 11.1 Å². The highest BCUT2D eigenvalue weighted by Gasteiger charge is 2.19. The Morgan fingerprint density at radius 1 is 1.29 bits per heavy atom. The summed E-state index contributed by atoms with van der Waals surface area (Å²) >= 11 is 0. The van der Waals surface area contributed by atoms with Crippen LogP contribution in [0.3, 0.4) is 0 Å². The van der Waals surface area contributed by atoms with Gasteiger partial charge < -0.3 is 16.0 Å². The van der Waals surface area contributed by atoms with E-state index in [4.69, 9.17) is 5.73 Å². The van der Waals surface area contributed by atoms with Crippen molar-refractivity contribution in [3.05, 3.63) is 24.0 Å². The van der Waals surface area contributed by atoms with E-state index in [1.807, 2.05) is 0 Å². The third-order valence-corrected chi connectivity index (χ3v) is 3.52. The van der Waals surface area contributed by atoms with Crippen LogP contribution in [0.2, 0.25) is 0 Å². The van der Waals surface area contributed by atoms with Crippen LogP contribution in [0.1, 0.15) is 32.1 Å². The molecular formula is C15H20FN3O2. The van der Waals surface area contributed by atoms with Crippen LogP contribution in [0.15, 0.2) is 18.2 Å². The molecule has 2 rings (SSSR count). The van der Waals surface area contributed by atoms with Crippen molar-refractivity contribution in [1.82, 2.24) is 4.90 Å². The standard InChI is InChI=1S/C15H20FN3O2/c16-12-7-6-11(17)9-13(12)18-14(20)10-19-8-4-2-1-3-5-15(19)21/h6-7,9H,1-5,8,10,17H2,(H,18,20). The topological polar surface area (TPSA) is 75.4 Å². The molecule has 0 unspecified atom stereocenters. The number of nitrogens with two attached hydrogens (primary N) is 1. The van der Waals surface area contributed by atoms with E-state index in [1.165, 1.54) is 18.2 Å². The molecule has 1 aliphatic heterocycles. The summed E-state index contributed by atoms with van der Waals surface area (Å²) < 4.78 is 13.6. The SMILES string of the molecule is Nc1ccc(F)c(NC(=O)CN2CCCCCCC2=O)c1. The Kier molecular flexibility index (Phi) is 5.14. The molecule has 0 saturated carbocycles. The lowest BCUT2D eigenvalue weighted by atomic mass is 10.1. The molecule has 0 bridgehead atoms. The van der Waals surface area contributed by atoms with E-state index in [-0.39, 0.29) is 18.1 Å². The highest BCUT2D eigenvalue weighted by atomic mass is 19.1. The van der Waals surface area contributed by atoms with Gasteiger partial charge in [-0.25, -0.2) is 4.39 Å². The molecule has 1 heterocycles. The molecule has 0 aromatic heterocycles. The van der Waals surface area contributed by atoms with Gasteiger partial charge in [0.2, 0.25) is 11.8 Å². The van der Waals surface area contributed by atoms with Gasteiger partial charge in [-0.2, -0.15) is 0 Å². The zero-order valence-electron chi connectivity index (χ0n) is 11.9. The van der Waals surface area contributed by atoms with Crippen LogP contribution in [0.4, 0.5) is 15.8 Å². The highest BCUT2D eigenvalue weighted by molar-refractivity contribution is 5.95. The molecule has 1 aliphatic rings. The molecular weight excluding hydrogens is 273 g/mol. The summed E-state index contributed by atoms with van der Waals surface area (Å²) in [7, 11) is 0. The Balaban J connectivity index is 1.96. The van der Waals surface area contributed by atoms with Crippen LogP contribution in [-0.4, -0.2) is 29.8 Å². The van der Waals surface area contributed by atoms with Crippen LogP contribution in [-0.2, 0) is 9.59 Å². The number of nitrogen functional groups attached to an aromatic ring is 1. The number of likely N-dealkylation sites (tertiary alicyclic amines) is 1. The lowest BCUT2D eigenvalue weighted by Crippen LogP contribution is -2.39. The predicted octanol–water partition coefficient (Wildman–Crippen LogP) is 2.14. The lowest BCUT2D eigenvalue weighted by Gasteiger charge is -2.24. The summed E-state index contributed by atoms with van der Waals surface area (Å²) in [4.78, 5) is 25.4. The first-order valence-corrected chi connectivity index (χ1v) is 7.19. The maximum atomic E-state index is 13.6. The van der Waals surface area contributed by atoms with Crippen molar-refractivity contribution in [3.63, 3.8) is 0 Å². The van der Waals surface area contributed by atoms with Crippen molar-refractivity contribution in [2.45, 2.75) is 32.1 Å². The summed E-state index contributed by atoms with van der Waals surface area (Å²) in [5.41, 5.74) is 5.98. The Bertz CT molecular complexity index is 534. The molecule has 114 valence electrons. The lowest BCUT2D eigenvalue weighted by molar-refractivity contribution is -0.135. The number of benzene rings is 1. The number of amides is 2. The molecule has 0 aliphatic carbocycles. The van der Waals surface area contributed by atoms with E-state index >= 15 is 0 Å². The molecule has 3 N–H and O–H groups in total. The summed E-state index contributed by atoms with van der Waals surface area (Å²) in [5, 5.41) is 2.47. The number of hydrogen-bond donors (Lipinski definition) is 2. The number of nitrogens with zero attached hydrogens (tertiary/aromatic N) is 1. The third kappa shape index (κ3) is 4.44. The average Bonchev–Trinajstić information content (AvgIpc) is 2.43. The van der Waals surface area contributed by atoms with Crippen LogP contribution in [0, 0.1) is 5.82 Å². The fraction of sp³-hybridized carbons (Fsp3) is 0.467. The second kappa shape index (κ2) is 7.06. The Morgan fingerprint density at radius 2 is 2.05 bits per heavy atom. The molecule has 0 atom stereocenters. The average molecular weight is 293 g/mol. The van der Waals surface area contributed by atoms with E-state index in [9.17, 15) is 14.0 Å². The molecule has 21 heavy (non-hydrogen) atoms. The van der Waals surface area contributed by atoms with Crippen molar-refractivity contribution in [1.29, 1.82) is 0 Å². The second-order valence-electron chi connectivity index (χ2n) is 5.27. The molecule has 6 heteroatoms. The van der Waals surface area contributed by atoms with Crippen LogP contribution in [0.5, 0.6) is 0 Å². The molecule has 0 radical (unpaired) electrons. The largest absolute Gasteiger partial charge is 0.399 e. The minimum absolute atomic E-state index is 0.0158. The first kappa shape index (κ1) is 15.3. The van der Waals surface area contributed by atoms with E-state index < -0.39 is 11.7 Å². The van der Waals surface area contributed by atoms with E-state index in [2.05, 4.69) is 5.32 Å². The van der Waals surface area contributed by atoms with Crippen molar-refractivity contribution in [2.75, 3.05) is 24.1 Å². The van der Waals surface area contributed by atoms with Gasteiger partial charge >= 0.3 is 0 Å². The molecule has 1 fully saturated rings. The zero-order valence-corrected chi connectivity index (χ0v) is 11.9. The number of anilines is 2. The minimum atomic E-state index is -0.545. The van der Waals surface area contributed by atoms with Gasteiger partial charge in [0.15, 0.2) is 0 Å². The fourth-order valence-corrected chi connectivity index (χ4v) is 2.38. The van der Waals surface area contributed by atoms with Gasteiger partial charge in [-0.1, -0.05) is 12.8 Å². The van der Waals surface area contributed by atoms with E-state index in [0.717, 1.165) is 25.7 Å². The molecule has 1 aromatic rings. The molecule has 1 aromatic carbocycles. The Hall–Kier alpha value is -2.11. The summed E-state index contributed by atoms with van der Waals surface area (Å²) in [6.07, 6.45) is 4.35. The van der Waals surface area contributed by atoms with Crippen molar-refractivity contribution < 1.29 is 14.0 Å².